The molecule has 0 aliphatic carbocycles. The number of likely N-dealkylation sites (tertiary alicyclic amines) is 1. The Labute approximate surface area is 144 Å². The van der Waals surface area contributed by atoms with Crippen molar-refractivity contribution < 1.29 is 9.59 Å². The van der Waals surface area contributed by atoms with Crippen molar-refractivity contribution in [1.82, 2.24) is 15.1 Å². The minimum Gasteiger partial charge on any atom is -0.366 e. The molecule has 1 fully saturated rings. The number of anilines is 1. The molecule has 0 saturated carbocycles. The van der Waals surface area contributed by atoms with Gasteiger partial charge in [-0.1, -0.05) is 0 Å². The first kappa shape index (κ1) is 16.7. The maximum Gasteiger partial charge on any atom is 0.251 e. The van der Waals surface area contributed by atoms with E-state index in [0.717, 1.165) is 31.6 Å². The fraction of sp³-hybridized carbons (Fsp3) is 0.438. The molecule has 3 rings (SSSR count). The standard InChI is InChI=1S/C16H21N5O2S/c17-15(23)12-5-9-24-16(12)19-14(22)4-8-21-7-1-2-11(10-21)13-3-6-18-20-13/h3,5-6,9,11H,1-2,4,7-8,10H2,(H2,17,23)(H,18,20)(H,19,22). The number of nitrogens with zero attached hydrogens (tertiary/aromatic N) is 2. The molecule has 1 aliphatic rings. The number of amides is 2. The summed E-state index contributed by atoms with van der Waals surface area (Å²) in [4.78, 5) is 25.7. The highest BCUT2D eigenvalue weighted by molar-refractivity contribution is 7.14. The van der Waals surface area contributed by atoms with Gasteiger partial charge in [0, 0.05) is 37.3 Å². The number of thiophene rings is 1. The number of primary amides is 1. The summed E-state index contributed by atoms with van der Waals surface area (Å²) in [6, 6.07) is 3.64. The predicted octanol–water partition coefficient (Wildman–Crippen LogP) is 1.78. The van der Waals surface area contributed by atoms with Crippen LogP contribution in [0.5, 0.6) is 0 Å². The van der Waals surface area contributed by atoms with Gasteiger partial charge < -0.3 is 16.0 Å². The molecule has 24 heavy (non-hydrogen) atoms. The van der Waals surface area contributed by atoms with Crippen LogP contribution in [0.2, 0.25) is 0 Å². The Bertz CT molecular complexity index is 697. The molecule has 128 valence electrons. The average molecular weight is 347 g/mol. The van der Waals surface area contributed by atoms with E-state index in [1.165, 1.54) is 11.3 Å². The topological polar surface area (TPSA) is 104 Å². The van der Waals surface area contributed by atoms with E-state index in [2.05, 4.69) is 20.4 Å². The minimum absolute atomic E-state index is 0.0939. The molecule has 2 aromatic rings. The molecule has 0 radical (unpaired) electrons. The van der Waals surface area contributed by atoms with Crippen LogP contribution in [0.25, 0.3) is 0 Å². The van der Waals surface area contributed by atoms with Crippen LogP contribution in [0.3, 0.4) is 0 Å². The van der Waals surface area contributed by atoms with Gasteiger partial charge in [-0.05, 0) is 36.9 Å². The van der Waals surface area contributed by atoms with Crippen LogP contribution < -0.4 is 11.1 Å². The van der Waals surface area contributed by atoms with Gasteiger partial charge >= 0.3 is 0 Å². The third-order valence-corrected chi connectivity index (χ3v) is 5.14. The van der Waals surface area contributed by atoms with Crippen molar-refractivity contribution in [2.45, 2.75) is 25.2 Å². The normalized spacial score (nSPS) is 18.4. The number of H-pyrrole nitrogens is 1. The Balaban J connectivity index is 1.49. The molecule has 0 aromatic carbocycles. The molecular formula is C16H21N5O2S. The van der Waals surface area contributed by atoms with Gasteiger partial charge in [0.1, 0.15) is 5.00 Å². The van der Waals surface area contributed by atoms with E-state index in [0.29, 0.717) is 29.4 Å². The number of hydrogen-bond donors (Lipinski definition) is 3. The van der Waals surface area contributed by atoms with Crippen molar-refractivity contribution in [3.63, 3.8) is 0 Å². The van der Waals surface area contributed by atoms with Gasteiger partial charge in [0.05, 0.1) is 5.56 Å². The summed E-state index contributed by atoms with van der Waals surface area (Å²) >= 11 is 1.31. The van der Waals surface area contributed by atoms with E-state index in [4.69, 9.17) is 5.73 Å². The van der Waals surface area contributed by atoms with Crippen molar-refractivity contribution in [2.75, 3.05) is 25.0 Å². The number of aromatic amines is 1. The number of piperidine rings is 1. The van der Waals surface area contributed by atoms with Crippen LogP contribution >= 0.6 is 11.3 Å². The van der Waals surface area contributed by atoms with Crippen molar-refractivity contribution in [3.8, 4) is 0 Å². The maximum absolute atomic E-state index is 12.1. The van der Waals surface area contributed by atoms with Crippen LogP contribution in [0.4, 0.5) is 5.00 Å². The first-order chi connectivity index (χ1) is 11.6. The number of rotatable bonds is 6. The lowest BCUT2D eigenvalue weighted by atomic mass is 9.95. The lowest BCUT2D eigenvalue weighted by Gasteiger charge is -2.31. The molecule has 8 heteroatoms. The lowest BCUT2D eigenvalue weighted by molar-refractivity contribution is -0.116. The Morgan fingerprint density at radius 2 is 2.33 bits per heavy atom. The van der Waals surface area contributed by atoms with Crippen LogP contribution in [-0.4, -0.2) is 46.5 Å². The molecule has 1 saturated heterocycles. The second-order valence-electron chi connectivity index (χ2n) is 5.98. The van der Waals surface area contributed by atoms with E-state index in [1.54, 1.807) is 17.6 Å². The monoisotopic (exact) mass is 347 g/mol. The van der Waals surface area contributed by atoms with Crippen molar-refractivity contribution >= 4 is 28.2 Å². The van der Waals surface area contributed by atoms with Crippen molar-refractivity contribution in [1.29, 1.82) is 0 Å². The van der Waals surface area contributed by atoms with Gasteiger partial charge in [-0.3, -0.25) is 14.7 Å². The molecule has 1 atom stereocenters. The van der Waals surface area contributed by atoms with Crippen LogP contribution in [0, 0.1) is 0 Å². The average Bonchev–Trinajstić information content (AvgIpc) is 3.25. The Kier molecular flexibility index (Phi) is 5.27. The number of carbonyl (C=O) groups excluding carboxylic acids is 2. The molecule has 2 aromatic heterocycles. The van der Waals surface area contributed by atoms with Gasteiger partial charge in [0.2, 0.25) is 5.91 Å². The zero-order valence-electron chi connectivity index (χ0n) is 13.3. The third kappa shape index (κ3) is 4.01. The highest BCUT2D eigenvalue weighted by Gasteiger charge is 2.22. The van der Waals surface area contributed by atoms with E-state index in [1.807, 2.05) is 6.07 Å². The summed E-state index contributed by atoms with van der Waals surface area (Å²) in [5.74, 6) is -0.170. The number of aromatic nitrogens is 2. The summed E-state index contributed by atoms with van der Waals surface area (Å²) in [5, 5.41) is 12.1. The maximum atomic E-state index is 12.1. The van der Waals surface area contributed by atoms with Crippen LogP contribution in [0.1, 0.15) is 41.2 Å². The minimum atomic E-state index is -0.523. The molecule has 4 N–H and O–H groups in total. The quantitative estimate of drug-likeness (QED) is 0.741. The van der Waals surface area contributed by atoms with E-state index in [9.17, 15) is 9.59 Å². The highest BCUT2D eigenvalue weighted by atomic mass is 32.1. The molecular weight excluding hydrogens is 326 g/mol. The van der Waals surface area contributed by atoms with E-state index >= 15 is 0 Å². The smallest absolute Gasteiger partial charge is 0.251 e. The first-order valence-corrected chi connectivity index (χ1v) is 8.90. The van der Waals surface area contributed by atoms with Crippen molar-refractivity contribution in [3.05, 3.63) is 35.0 Å². The first-order valence-electron chi connectivity index (χ1n) is 8.02. The Morgan fingerprint density at radius 3 is 3.08 bits per heavy atom. The van der Waals surface area contributed by atoms with Crippen LogP contribution in [-0.2, 0) is 4.79 Å². The Morgan fingerprint density at radius 1 is 1.46 bits per heavy atom. The largest absolute Gasteiger partial charge is 0.366 e. The predicted molar refractivity (Wildman–Crippen MR) is 93.1 cm³/mol. The van der Waals surface area contributed by atoms with Crippen LogP contribution in [0.15, 0.2) is 23.7 Å². The summed E-state index contributed by atoms with van der Waals surface area (Å²) in [6.45, 7) is 2.64. The van der Waals surface area contributed by atoms with Gasteiger partial charge in [0.15, 0.2) is 0 Å². The summed E-state index contributed by atoms with van der Waals surface area (Å²) < 4.78 is 0. The molecule has 0 spiro atoms. The molecule has 1 unspecified atom stereocenters. The second-order valence-corrected chi connectivity index (χ2v) is 6.89. The molecule has 2 amide bonds. The number of hydrogen-bond acceptors (Lipinski definition) is 5. The fourth-order valence-electron chi connectivity index (χ4n) is 3.06. The zero-order chi connectivity index (χ0) is 16.9. The summed E-state index contributed by atoms with van der Waals surface area (Å²) in [7, 11) is 0. The number of nitrogens with one attached hydrogen (secondary N) is 2. The SMILES string of the molecule is NC(=O)c1ccsc1NC(=O)CCN1CCCC(c2ccn[nH]2)C1. The highest BCUT2D eigenvalue weighted by Crippen LogP contribution is 2.26. The Hall–Kier alpha value is -2.19. The fourth-order valence-corrected chi connectivity index (χ4v) is 3.86. The van der Waals surface area contributed by atoms with E-state index in [-0.39, 0.29) is 5.91 Å². The molecule has 0 bridgehead atoms. The lowest BCUT2D eigenvalue weighted by Crippen LogP contribution is -2.36. The third-order valence-electron chi connectivity index (χ3n) is 4.31. The van der Waals surface area contributed by atoms with Gasteiger partial charge in [-0.25, -0.2) is 0 Å². The molecule has 1 aliphatic heterocycles. The second kappa shape index (κ2) is 7.59. The summed E-state index contributed by atoms with van der Waals surface area (Å²) in [6.07, 6.45) is 4.43. The van der Waals surface area contributed by atoms with Gasteiger partial charge in [0.25, 0.3) is 5.91 Å². The summed E-state index contributed by atoms with van der Waals surface area (Å²) in [5.41, 5.74) is 6.81. The van der Waals surface area contributed by atoms with Gasteiger partial charge in [-0.15, -0.1) is 11.3 Å². The number of nitrogens with two attached hydrogens (primary N) is 1. The van der Waals surface area contributed by atoms with Crippen molar-refractivity contribution in [2.24, 2.45) is 5.73 Å². The zero-order valence-corrected chi connectivity index (χ0v) is 14.1. The van der Waals surface area contributed by atoms with Gasteiger partial charge in [-0.2, -0.15) is 5.10 Å². The number of carbonyl (C=O) groups is 2. The molecule has 7 nitrogen and oxygen atoms in total. The molecule has 3 heterocycles. The van der Waals surface area contributed by atoms with E-state index < -0.39 is 5.91 Å².